The second-order valence-electron chi connectivity index (χ2n) is 5.34. The molecule has 0 fully saturated rings. The summed E-state index contributed by atoms with van der Waals surface area (Å²) in [7, 11) is 0. The van der Waals surface area contributed by atoms with Crippen molar-refractivity contribution >= 4 is 28.3 Å². The number of anilines is 1. The zero-order chi connectivity index (χ0) is 18.0. The maximum Gasteiger partial charge on any atom is 0.337 e. The molecule has 25 heavy (non-hydrogen) atoms. The molecule has 1 amide bonds. The number of aromatic carboxylic acids is 1. The number of carbonyl (C=O) groups is 2. The summed E-state index contributed by atoms with van der Waals surface area (Å²) in [5, 5.41) is 22.0. The normalized spacial score (nSPS) is 10.2. The molecule has 0 aliphatic heterocycles. The summed E-state index contributed by atoms with van der Waals surface area (Å²) < 4.78 is 13.2. The summed E-state index contributed by atoms with van der Waals surface area (Å²) in [5.41, 5.74) is 0.411. The number of fused-ring (bicyclic) bond motifs is 1. The van der Waals surface area contributed by atoms with Crippen molar-refractivity contribution in [2.75, 3.05) is 5.32 Å². The highest BCUT2D eigenvalue weighted by Crippen LogP contribution is 2.21. The van der Waals surface area contributed by atoms with Crippen molar-refractivity contribution in [2.45, 2.75) is 0 Å². The van der Waals surface area contributed by atoms with Crippen LogP contribution < -0.4 is 5.32 Å². The van der Waals surface area contributed by atoms with Crippen molar-refractivity contribution in [3.63, 3.8) is 0 Å². The summed E-state index contributed by atoms with van der Waals surface area (Å²) in [6.07, 6.45) is 0. The van der Waals surface area contributed by atoms with E-state index in [0.717, 1.165) is 0 Å². The SMILES string of the molecule is N#Cc1ccc(NC(=O)c2ccc3cc(F)ccc3c2)c(C(=O)O)c1. The molecular weight excluding hydrogens is 323 g/mol. The molecule has 0 bridgehead atoms. The highest BCUT2D eigenvalue weighted by Gasteiger charge is 2.15. The fourth-order valence-corrected chi connectivity index (χ4v) is 2.45. The second-order valence-corrected chi connectivity index (χ2v) is 5.34. The maximum atomic E-state index is 13.2. The quantitative estimate of drug-likeness (QED) is 0.762. The molecule has 3 rings (SSSR count). The number of benzene rings is 3. The van der Waals surface area contributed by atoms with Crippen LogP contribution in [0.15, 0.2) is 54.6 Å². The first-order valence-electron chi connectivity index (χ1n) is 7.26. The summed E-state index contributed by atoms with van der Waals surface area (Å²) in [4.78, 5) is 23.7. The van der Waals surface area contributed by atoms with E-state index in [1.54, 1.807) is 18.2 Å². The number of halogens is 1. The average Bonchev–Trinajstić information content (AvgIpc) is 2.61. The molecule has 122 valence electrons. The number of carboxylic acid groups (broad SMARTS) is 1. The Morgan fingerprint density at radius 2 is 1.72 bits per heavy atom. The summed E-state index contributed by atoms with van der Waals surface area (Å²) in [6.45, 7) is 0. The Morgan fingerprint density at radius 1 is 1.00 bits per heavy atom. The second kappa shape index (κ2) is 6.42. The van der Waals surface area contributed by atoms with Crippen LogP contribution in [0.3, 0.4) is 0 Å². The van der Waals surface area contributed by atoms with Crippen molar-refractivity contribution < 1.29 is 19.1 Å². The lowest BCUT2D eigenvalue weighted by atomic mass is 10.1. The predicted molar refractivity (Wildman–Crippen MR) is 90.0 cm³/mol. The monoisotopic (exact) mass is 334 g/mol. The van der Waals surface area contributed by atoms with Gasteiger partial charge in [-0.05, 0) is 53.2 Å². The molecule has 2 N–H and O–H groups in total. The van der Waals surface area contributed by atoms with E-state index in [1.165, 1.54) is 36.4 Å². The Morgan fingerprint density at radius 3 is 2.44 bits per heavy atom. The van der Waals surface area contributed by atoms with Gasteiger partial charge in [0.05, 0.1) is 22.9 Å². The van der Waals surface area contributed by atoms with E-state index in [-0.39, 0.29) is 22.6 Å². The number of hydrogen-bond donors (Lipinski definition) is 2. The maximum absolute atomic E-state index is 13.2. The number of nitriles is 1. The van der Waals surface area contributed by atoms with Crippen LogP contribution in [0.1, 0.15) is 26.3 Å². The van der Waals surface area contributed by atoms with E-state index in [4.69, 9.17) is 5.26 Å². The molecule has 6 heteroatoms. The molecule has 0 aromatic heterocycles. The van der Waals surface area contributed by atoms with Gasteiger partial charge in [0.25, 0.3) is 5.91 Å². The first-order chi connectivity index (χ1) is 12.0. The number of rotatable bonds is 3. The van der Waals surface area contributed by atoms with Crippen LogP contribution in [0.5, 0.6) is 0 Å². The third-order valence-electron chi connectivity index (χ3n) is 3.69. The van der Waals surface area contributed by atoms with Gasteiger partial charge in [0.1, 0.15) is 5.82 Å². The van der Waals surface area contributed by atoms with Gasteiger partial charge in [0.2, 0.25) is 0 Å². The van der Waals surface area contributed by atoms with Crippen LogP contribution in [0, 0.1) is 17.1 Å². The zero-order valence-electron chi connectivity index (χ0n) is 12.8. The summed E-state index contributed by atoms with van der Waals surface area (Å²) in [5.74, 6) is -2.12. The lowest BCUT2D eigenvalue weighted by molar-refractivity contribution is 0.0698. The number of hydrogen-bond acceptors (Lipinski definition) is 3. The first kappa shape index (κ1) is 16.1. The third kappa shape index (κ3) is 3.31. The predicted octanol–water partition coefficient (Wildman–Crippen LogP) is 3.80. The molecule has 0 radical (unpaired) electrons. The third-order valence-corrected chi connectivity index (χ3v) is 3.69. The lowest BCUT2D eigenvalue weighted by Gasteiger charge is -2.09. The van der Waals surface area contributed by atoms with Gasteiger partial charge < -0.3 is 10.4 Å². The van der Waals surface area contributed by atoms with Crippen LogP contribution in [0.25, 0.3) is 10.8 Å². The van der Waals surface area contributed by atoms with Crippen molar-refractivity contribution in [1.29, 1.82) is 5.26 Å². The average molecular weight is 334 g/mol. The molecule has 3 aromatic carbocycles. The first-order valence-corrected chi connectivity index (χ1v) is 7.26. The van der Waals surface area contributed by atoms with Gasteiger partial charge in [0.15, 0.2) is 0 Å². The fourth-order valence-electron chi connectivity index (χ4n) is 2.45. The van der Waals surface area contributed by atoms with Gasteiger partial charge in [-0.25, -0.2) is 9.18 Å². The van der Waals surface area contributed by atoms with Gasteiger partial charge in [-0.15, -0.1) is 0 Å². The van der Waals surface area contributed by atoms with E-state index < -0.39 is 11.9 Å². The van der Waals surface area contributed by atoms with Gasteiger partial charge in [-0.3, -0.25) is 4.79 Å². The highest BCUT2D eigenvalue weighted by atomic mass is 19.1. The number of carboxylic acids is 1. The molecule has 0 spiro atoms. The number of carbonyl (C=O) groups excluding carboxylic acids is 1. The van der Waals surface area contributed by atoms with Crippen molar-refractivity contribution in [1.82, 2.24) is 0 Å². The lowest BCUT2D eigenvalue weighted by Crippen LogP contribution is -2.15. The Balaban J connectivity index is 1.94. The van der Waals surface area contributed by atoms with Crippen molar-refractivity contribution in [3.8, 4) is 6.07 Å². The Kier molecular flexibility index (Phi) is 4.14. The standard InChI is InChI=1S/C19H11FN2O3/c20-15-5-4-12-8-14(3-2-13(12)9-15)18(23)22-17-6-1-11(10-21)7-16(17)19(24)25/h1-9H,(H,22,23)(H,24,25). The molecular formula is C19H11FN2O3. The van der Waals surface area contributed by atoms with Crippen LogP contribution in [-0.2, 0) is 0 Å². The Labute approximate surface area is 141 Å². The molecule has 0 heterocycles. The molecule has 0 saturated heterocycles. The number of amides is 1. The van der Waals surface area contributed by atoms with Gasteiger partial charge in [0, 0.05) is 5.56 Å². The van der Waals surface area contributed by atoms with Crippen molar-refractivity contribution in [2.24, 2.45) is 0 Å². The summed E-state index contributed by atoms with van der Waals surface area (Å²) >= 11 is 0. The number of nitrogens with one attached hydrogen (secondary N) is 1. The molecule has 0 aliphatic carbocycles. The molecule has 0 aliphatic rings. The van der Waals surface area contributed by atoms with E-state index in [2.05, 4.69) is 5.32 Å². The van der Waals surface area contributed by atoms with Gasteiger partial charge in [-0.2, -0.15) is 5.26 Å². The minimum Gasteiger partial charge on any atom is -0.478 e. The highest BCUT2D eigenvalue weighted by molar-refractivity contribution is 6.09. The van der Waals surface area contributed by atoms with E-state index in [0.29, 0.717) is 16.3 Å². The van der Waals surface area contributed by atoms with Crippen LogP contribution in [0.4, 0.5) is 10.1 Å². The van der Waals surface area contributed by atoms with Gasteiger partial charge >= 0.3 is 5.97 Å². The molecule has 3 aromatic rings. The fraction of sp³-hybridized carbons (Fsp3) is 0. The topological polar surface area (TPSA) is 90.2 Å². The minimum atomic E-state index is -1.25. The Bertz CT molecular complexity index is 1050. The van der Waals surface area contributed by atoms with Crippen molar-refractivity contribution in [3.05, 3.63) is 77.1 Å². The molecule has 0 unspecified atom stereocenters. The summed E-state index contributed by atoms with van der Waals surface area (Å²) in [6, 6.07) is 14.8. The number of nitrogens with zero attached hydrogens (tertiary/aromatic N) is 1. The molecule has 0 saturated carbocycles. The minimum absolute atomic E-state index is 0.0932. The molecule has 5 nitrogen and oxygen atoms in total. The van der Waals surface area contributed by atoms with Crippen LogP contribution >= 0.6 is 0 Å². The van der Waals surface area contributed by atoms with E-state index in [9.17, 15) is 19.1 Å². The zero-order valence-corrected chi connectivity index (χ0v) is 12.8. The van der Waals surface area contributed by atoms with Crippen LogP contribution in [0.2, 0.25) is 0 Å². The van der Waals surface area contributed by atoms with E-state index in [1.807, 2.05) is 6.07 Å². The smallest absolute Gasteiger partial charge is 0.337 e. The van der Waals surface area contributed by atoms with E-state index >= 15 is 0 Å². The molecule has 0 atom stereocenters. The largest absolute Gasteiger partial charge is 0.478 e. The van der Waals surface area contributed by atoms with Crippen LogP contribution in [-0.4, -0.2) is 17.0 Å². The Hall–Kier alpha value is -3.72. The van der Waals surface area contributed by atoms with Gasteiger partial charge in [-0.1, -0.05) is 12.1 Å².